The van der Waals surface area contributed by atoms with Crippen molar-refractivity contribution in [2.45, 2.75) is 56.9 Å². The summed E-state index contributed by atoms with van der Waals surface area (Å²) in [6.07, 6.45) is -2.32. The van der Waals surface area contributed by atoms with E-state index < -0.39 is 30.5 Å². The number of isothiocyanates is 1. The first-order valence-corrected chi connectivity index (χ1v) is 15.0. The van der Waals surface area contributed by atoms with Crippen LogP contribution in [0, 0.1) is 0 Å². The van der Waals surface area contributed by atoms with E-state index in [1.807, 2.05) is 121 Å². The van der Waals surface area contributed by atoms with Crippen molar-refractivity contribution in [2.75, 3.05) is 13.2 Å². The van der Waals surface area contributed by atoms with Gasteiger partial charge in [0.1, 0.15) is 30.5 Å². The fraction of sp³-hybridized carbons (Fsp3) is 0.306. The maximum Gasteiger partial charge on any atom is 0.115 e. The first-order chi connectivity index (χ1) is 21.3. The largest absolute Gasteiger partial charge is 0.374 e. The summed E-state index contributed by atoms with van der Waals surface area (Å²) >= 11 is 4.92. The van der Waals surface area contributed by atoms with Crippen molar-refractivity contribution in [1.82, 2.24) is 0 Å². The number of aliphatic imine (C=N–C) groups is 1. The van der Waals surface area contributed by atoms with Crippen molar-refractivity contribution in [3.05, 3.63) is 144 Å². The van der Waals surface area contributed by atoms with E-state index in [0.717, 1.165) is 22.3 Å². The Hall–Kier alpha value is -3.52. The Morgan fingerprint density at radius 2 is 0.930 bits per heavy atom. The molecule has 0 amide bonds. The molecule has 0 aromatic heterocycles. The zero-order valence-corrected chi connectivity index (χ0v) is 24.9. The minimum Gasteiger partial charge on any atom is -0.374 e. The van der Waals surface area contributed by atoms with Gasteiger partial charge in [-0.1, -0.05) is 121 Å². The van der Waals surface area contributed by atoms with E-state index in [0.29, 0.717) is 33.0 Å². The Balaban J connectivity index is 1.42. The summed E-state index contributed by atoms with van der Waals surface area (Å²) in [5, 5.41) is 2.49. The number of hydrogen-bond acceptors (Lipinski definition) is 7. The molecule has 1 aliphatic rings. The molecule has 0 aliphatic carbocycles. The Kier molecular flexibility index (Phi) is 12.2. The third-order valence-corrected chi connectivity index (χ3v) is 7.44. The molecule has 1 heterocycles. The van der Waals surface area contributed by atoms with Crippen LogP contribution < -0.4 is 0 Å². The Morgan fingerprint density at radius 3 is 1.37 bits per heavy atom. The van der Waals surface area contributed by atoms with Gasteiger partial charge in [0.15, 0.2) is 0 Å². The standard InChI is InChI=1S/C36H37NO5S/c43-27-37-21-32-34(39-23-29-15-7-2-8-16-29)36(41-25-31-19-11-4-12-20-31)35(40-24-30-17-9-3-10-18-30)33(42-32)26-38-22-28-13-5-1-6-14-28/h1-20,32-36H,21-26H2/t32-,33-,34+,35-,36-/m1/s1. The van der Waals surface area contributed by atoms with E-state index in [2.05, 4.69) is 10.2 Å². The summed E-state index contributed by atoms with van der Waals surface area (Å²) in [6.45, 7) is 2.22. The highest BCUT2D eigenvalue weighted by atomic mass is 32.1. The van der Waals surface area contributed by atoms with Gasteiger partial charge >= 0.3 is 0 Å². The van der Waals surface area contributed by atoms with Gasteiger partial charge in [-0.05, 0) is 34.5 Å². The monoisotopic (exact) mass is 595 g/mol. The minimum atomic E-state index is -0.484. The summed E-state index contributed by atoms with van der Waals surface area (Å²) < 4.78 is 32.8. The van der Waals surface area contributed by atoms with E-state index >= 15 is 0 Å². The van der Waals surface area contributed by atoms with Crippen LogP contribution in [0.1, 0.15) is 22.3 Å². The van der Waals surface area contributed by atoms with Gasteiger partial charge in [-0.2, -0.15) is 0 Å². The molecule has 0 unspecified atom stereocenters. The smallest absolute Gasteiger partial charge is 0.115 e. The molecule has 5 rings (SSSR count). The van der Waals surface area contributed by atoms with Crippen LogP contribution in [0.2, 0.25) is 0 Å². The number of hydrogen-bond donors (Lipinski definition) is 0. The van der Waals surface area contributed by atoms with Gasteiger partial charge in [0.25, 0.3) is 0 Å². The SMILES string of the molecule is S=C=NC[C@H]1O[C@H](COCc2ccccc2)[C@@H](OCc2ccccc2)[C@H](OCc2ccccc2)[C@H]1OCc1ccccc1. The van der Waals surface area contributed by atoms with Crippen LogP contribution >= 0.6 is 12.2 Å². The van der Waals surface area contributed by atoms with E-state index in [1.165, 1.54) is 0 Å². The van der Waals surface area contributed by atoms with Gasteiger partial charge in [-0.3, -0.25) is 0 Å². The lowest BCUT2D eigenvalue weighted by Crippen LogP contribution is -2.61. The topological polar surface area (TPSA) is 58.5 Å². The van der Waals surface area contributed by atoms with Gasteiger partial charge in [0, 0.05) is 0 Å². The molecule has 0 bridgehead atoms. The number of benzene rings is 4. The Morgan fingerprint density at radius 1 is 0.535 bits per heavy atom. The third-order valence-electron chi connectivity index (χ3n) is 7.32. The number of ether oxygens (including phenoxy) is 5. The number of rotatable bonds is 15. The van der Waals surface area contributed by atoms with Gasteiger partial charge in [-0.25, -0.2) is 4.99 Å². The van der Waals surface area contributed by atoms with Crippen LogP contribution in [-0.4, -0.2) is 48.8 Å². The molecule has 0 saturated carbocycles. The average Bonchev–Trinajstić information content (AvgIpc) is 3.07. The minimum absolute atomic E-state index is 0.286. The maximum atomic E-state index is 6.70. The van der Waals surface area contributed by atoms with Crippen molar-refractivity contribution >= 4 is 17.4 Å². The van der Waals surface area contributed by atoms with Crippen LogP contribution in [0.4, 0.5) is 0 Å². The second kappa shape index (κ2) is 16.9. The first-order valence-electron chi connectivity index (χ1n) is 14.6. The van der Waals surface area contributed by atoms with Gasteiger partial charge in [-0.15, -0.1) is 0 Å². The van der Waals surface area contributed by atoms with Crippen LogP contribution in [0.3, 0.4) is 0 Å². The molecule has 1 fully saturated rings. The number of nitrogens with zero attached hydrogens (tertiary/aromatic N) is 1. The maximum absolute atomic E-state index is 6.70. The van der Waals surface area contributed by atoms with Gasteiger partial charge in [0.05, 0.1) is 44.7 Å². The lowest BCUT2D eigenvalue weighted by Gasteiger charge is -2.46. The summed E-state index contributed by atoms with van der Waals surface area (Å²) in [6, 6.07) is 40.4. The summed E-state index contributed by atoms with van der Waals surface area (Å²) in [7, 11) is 0. The highest BCUT2D eigenvalue weighted by molar-refractivity contribution is 7.78. The normalized spacial score (nSPS) is 21.6. The molecule has 4 aromatic carbocycles. The molecule has 0 N–H and O–H groups in total. The highest BCUT2D eigenvalue weighted by Gasteiger charge is 2.48. The molecule has 222 valence electrons. The lowest BCUT2D eigenvalue weighted by molar-refractivity contribution is -0.270. The zero-order valence-electron chi connectivity index (χ0n) is 24.1. The lowest BCUT2D eigenvalue weighted by atomic mass is 9.94. The van der Waals surface area contributed by atoms with E-state index in [-0.39, 0.29) is 6.54 Å². The van der Waals surface area contributed by atoms with Gasteiger partial charge < -0.3 is 23.7 Å². The van der Waals surface area contributed by atoms with E-state index in [1.54, 1.807) is 0 Å². The molecule has 7 heteroatoms. The average molecular weight is 596 g/mol. The molecule has 0 radical (unpaired) electrons. The molecule has 5 atom stereocenters. The van der Waals surface area contributed by atoms with E-state index in [4.69, 9.17) is 35.9 Å². The molecule has 4 aromatic rings. The molecule has 1 aliphatic heterocycles. The van der Waals surface area contributed by atoms with Gasteiger partial charge in [0.2, 0.25) is 0 Å². The van der Waals surface area contributed by atoms with Crippen molar-refractivity contribution < 1.29 is 23.7 Å². The predicted molar refractivity (Wildman–Crippen MR) is 170 cm³/mol. The molecule has 0 spiro atoms. The molecular weight excluding hydrogens is 558 g/mol. The second-order valence-electron chi connectivity index (χ2n) is 10.4. The Bertz CT molecular complexity index is 1390. The molecule has 43 heavy (non-hydrogen) atoms. The predicted octanol–water partition coefficient (Wildman–Crippen LogP) is 6.83. The molecular formula is C36H37NO5S. The zero-order chi connectivity index (χ0) is 29.5. The third kappa shape index (κ3) is 9.48. The molecule has 6 nitrogen and oxygen atoms in total. The first kappa shape index (κ1) is 30.9. The van der Waals surface area contributed by atoms with E-state index in [9.17, 15) is 0 Å². The highest BCUT2D eigenvalue weighted by Crippen LogP contribution is 2.31. The quantitative estimate of drug-likeness (QED) is 0.111. The van der Waals surface area contributed by atoms with Crippen molar-refractivity contribution in [2.24, 2.45) is 4.99 Å². The Labute approximate surface area is 259 Å². The summed E-state index contributed by atoms with van der Waals surface area (Å²) in [4.78, 5) is 4.26. The van der Waals surface area contributed by atoms with Crippen LogP contribution in [0.5, 0.6) is 0 Å². The summed E-state index contributed by atoms with van der Waals surface area (Å²) in [5.41, 5.74) is 4.25. The van der Waals surface area contributed by atoms with Crippen molar-refractivity contribution in [3.63, 3.8) is 0 Å². The van der Waals surface area contributed by atoms with Crippen LogP contribution in [0.15, 0.2) is 126 Å². The summed E-state index contributed by atoms with van der Waals surface area (Å²) in [5.74, 6) is 0. The van der Waals surface area contributed by atoms with Crippen molar-refractivity contribution in [3.8, 4) is 0 Å². The van der Waals surface area contributed by atoms with Crippen LogP contribution in [-0.2, 0) is 50.1 Å². The van der Waals surface area contributed by atoms with Crippen molar-refractivity contribution in [1.29, 1.82) is 0 Å². The molecule has 1 saturated heterocycles. The fourth-order valence-electron chi connectivity index (χ4n) is 5.16. The fourth-order valence-corrected chi connectivity index (χ4v) is 5.23. The second-order valence-corrected chi connectivity index (χ2v) is 10.6. The number of thiocarbonyl (C=S) groups is 1. The van der Waals surface area contributed by atoms with Crippen LogP contribution in [0.25, 0.3) is 0 Å².